The molecule has 3 aromatic carbocycles. The second kappa shape index (κ2) is 11.0. The van der Waals surface area contributed by atoms with Crippen LogP contribution in [0.2, 0.25) is 5.15 Å². The van der Waals surface area contributed by atoms with E-state index >= 15 is 4.39 Å². The molecule has 5 aromatic rings. The zero-order valence-corrected chi connectivity index (χ0v) is 24.7. The highest BCUT2D eigenvalue weighted by Crippen LogP contribution is 2.47. The summed E-state index contributed by atoms with van der Waals surface area (Å²) in [6.45, 7) is 5.45. The maximum atomic E-state index is 16.1. The molecule has 1 aliphatic heterocycles. The van der Waals surface area contributed by atoms with Crippen molar-refractivity contribution < 1.29 is 13.9 Å². The summed E-state index contributed by atoms with van der Waals surface area (Å²) in [6.07, 6.45) is 1.10. The Morgan fingerprint density at radius 2 is 1.57 bits per heavy atom. The molecule has 1 fully saturated rings. The summed E-state index contributed by atoms with van der Waals surface area (Å²) in [7, 11) is 1.64. The van der Waals surface area contributed by atoms with Crippen molar-refractivity contribution in [3.63, 3.8) is 0 Å². The van der Waals surface area contributed by atoms with E-state index in [2.05, 4.69) is 39.6 Å². The van der Waals surface area contributed by atoms with Crippen LogP contribution >= 0.6 is 11.6 Å². The van der Waals surface area contributed by atoms with Gasteiger partial charge >= 0.3 is 0 Å². The molecule has 216 valence electrons. The molecular weight excluding hydrogens is 553 g/mol. The number of benzene rings is 3. The Kier molecular flexibility index (Phi) is 7.37. The van der Waals surface area contributed by atoms with Gasteiger partial charge in [0, 0.05) is 5.92 Å². The van der Waals surface area contributed by atoms with E-state index in [0.29, 0.717) is 17.6 Å². The molecule has 9 heteroatoms. The normalized spacial score (nSPS) is 22.4. The number of imidazole rings is 1. The highest BCUT2D eigenvalue weighted by atomic mass is 35.5. The van der Waals surface area contributed by atoms with E-state index in [0.717, 1.165) is 22.4 Å². The zero-order chi connectivity index (χ0) is 29.5. The first-order valence-electron chi connectivity index (χ1n) is 14.1. The summed E-state index contributed by atoms with van der Waals surface area (Å²) in [4.78, 5) is 14.0. The number of fused-ring (bicyclic) bond motifs is 1. The Morgan fingerprint density at radius 1 is 0.976 bits per heavy atom. The van der Waals surface area contributed by atoms with Crippen LogP contribution in [0.5, 0.6) is 5.75 Å². The van der Waals surface area contributed by atoms with Crippen molar-refractivity contribution in [1.29, 1.82) is 0 Å². The molecule has 0 amide bonds. The summed E-state index contributed by atoms with van der Waals surface area (Å²) in [5.74, 6) is 0.694. The lowest BCUT2D eigenvalue weighted by Crippen LogP contribution is -2.39. The number of nitrogens with zero attached hydrogens (tertiary/aromatic N) is 4. The minimum absolute atomic E-state index is 0.157. The summed E-state index contributed by atoms with van der Waals surface area (Å²) < 4.78 is 29.4. The lowest BCUT2D eigenvalue weighted by atomic mass is 9.77. The van der Waals surface area contributed by atoms with Gasteiger partial charge in [-0.05, 0) is 42.2 Å². The minimum Gasteiger partial charge on any atom is -0.497 e. The molecule has 1 N–H and O–H groups in total. The second-order valence-electron chi connectivity index (χ2n) is 10.9. The SMILES string of the molecule is CC[C@H]1O[C@@H](n2cnc3c(Cl)nc(NC(c4ccccc4)(c4ccccc4)c4ccc(OC)cc4)nc32)[C@](C)(F)[C@@H]1C. The van der Waals surface area contributed by atoms with Crippen LogP contribution in [0.1, 0.15) is 50.1 Å². The molecule has 2 aromatic heterocycles. The van der Waals surface area contributed by atoms with Crippen molar-refractivity contribution in [2.45, 2.75) is 50.7 Å². The fourth-order valence-corrected chi connectivity index (χ4v) is 6.22. The molecule has 42 heavy (non-hydrogen) atoms. The maximum Gasteiger partial charge on any atom is 0.227 e. The Bertz CT molecular complexity index is 1640. The summed E-state index contributed by atoms with van der Waals surface area (Å²) >= 11 is 6.73. The van der Waals surface area contributed by atoms with Crippen molar-refractivity contribution in [2.24, 2.45) is 5.92 Å². The van der Waals surface area contributed by atoms with E-state index < -0.39 is 17.4 Å². The zero-order valence-electron chi connectivity index (χ0n) is 24.0. The fraction of sp³-hybridized carbons (Fsp3) is 0.303. The molecule has 0 spiro atoms. The topological polar surface area (TPSA) is 74.1 Å². The summed E-state index contributed by atoms with van der Waals surface area (Å²) in [5, 5.41) is 3.80. The predicted octanol–water partition coefficient (Wildman–Crippen LogP) is 7.56. The van der Waals surface area contributed by atoms with Crippen molar-refractivity contribution in [3.8, 4) is 5.75 Å². The lowest BCUT2D eigenvalue weighted by molar-refractivity contribution is -0.0450. The van der Waals surface area contributed by atoms with Gasteiger partial charge in [0.15, 0.2) is 22.7 Å². The van der Waals surface area contributed by atoms with Crippen LogP contribution in [-0.2, 0) is 10.3 Å². The number of rotatable bonds is 8. The molecule has 1 saturated heterocycles. The van der Waals surface area contributed by atoms with Gasteiger partial charge in [-0.25, -0.2) is 9.37 Å². The minimum atomic E-state index is -1.64. The van der Waals surface area contributed by atoms with Gasteiger partial charge < -0.3 is 14.8 Å². The number of methoxy groups -OCH3 is 1. The monoisotopic (exact) mass is 585 g/mol. The molecule has 0 saturated carbocycles. The first-order valence-corrected chi connectivity index (χ1v) is 14.5. The number of nitrogens with one attached hydrogen (secondary N) is 1. The maximum absolute atomic E-state index is 16.1. The number of aromatic nitrogens is 4. The van der Waals surface area contributed by atoms with Gasteiger partial charge in [-0.15, -0.1) is 0 Å². The summed E-state index contributed by atoms with van der Waals surface area (Å²) in [5.41, 5.74) is 1.07. The molecule has 1 aliphatic rings. The Labute approximate surface area is 249 Å². The molecule has 6 rings (SSSR count). The van der Waals surface area contributed by atoms with Gasteiger partial charge in [0.1, 0.15) is 16.8 Å². The third kappa shape index (κ3) is 4.59. The molecule has 0 radical (unpaired) electrons. The number of halogens is 2. The van der Waals surface area contributed by atoms with Crippen molar-refractivity contribution in [2.75, 3.05) is 12.4 Å². The highest BCUT2D eigenvalue weighted by molar-refractivity contribution is 6.33. The number of ether oxygens (including phenoxy) is 2. The molecule has 0 unspecified atom stereocenters. The smallest absolute Gasteiger partial charge is 0.227 e. The van der Waals surface area contributed by atoms with Crippen LogP contribution in [-0.4, -0.2) is 38.4 Å². The second-order valence-corrected chi connectivity index (χ2v) is 11.2. The van der Waals surface area contributed by atoms with Crippen LogP contribution in [0.25, 0.3) is 11.2 Å². The van der Waals surface area contributed by atoms with Crippen LogP contribution in [0.3, 0.4) is 0 Å². The van der Waals surface area contributed by atoms with Gasteiger partial charge in [0.2, 0.25) is 5.95 Å². The first kappa shape index (κ1) is 28.1. The Balaban J connectivity index is 1.54. The molecule has 4 atom stereocenters. The third-order valence-corrected chi connectivity index (χ3v) is 8.77. The number of alkyl halides is 1. The van der Waals surface area contributed by atoms with Crippen molar-refractivity contribution in [1.82, 2.24) is 19.5 Å². The third-order valence-electron chi connectivity index (χ3n) is 8.50. The average molecular weight is 586 g/mol. The number of hydrogen-bond acceptors (Lipinski definition) is 6. The van der Waals surface area contributed by atoms with Crippen LogP contribution in [0, 0.1) is 5.92 Å². The van der Waals surface area contributed by atoms with Crippen LogP contribution < -0.4 is 10.1 Å². The molecular formula is C33H33ClFN5O2. The van der Waals surface area contributed by atoms with Gasteiger partial charge in [-0.2, -0.15) is 9.97 Å². The first-order chi connectivity index (χ1) is 20.3. The van der Waals surface area contributed by atoms with Crippen molar-refractivity contribution >= 4 is 28.7 Å². The van der Waals surface area contributed by atoms with Gasteiger partial charge in [-0.1, -0.05) is 98.2 Å². The molecule has 0 aliphatic carbocycles. The van der Waals surface area contributed by atoms with Gasteiger partial charge in [0.05, 0.1) is 19.5 Å². The largest absolute Gasteiger partial charge is 0.497 e. The lowest BCUT2D eigenvalue weighted by Gasteiger charge is -2.37. The van der Waals surface area contributed by atoms with Gasteiger partial charge in [-0.3, -0.25) is 4.57 Å². The Hall–Kier alpha value is -4.01. The van der Waals surface area contributed by atoms with Crippen LogP contribution in [0.15, 0.2) is 91.3 Å². The van der Waals surface area contributed by atoms with E-state index in [4.69, 9.17) is 26.1 Å². The van der Waals surface area contributed by atoms with E-state index in [1.165, 1.54) is 6.33 Å². The standard InChI is InChI=1S/C33H33ClFN5O2/c1-5-26-21(2)32(3,35)30(42-26)40-20-36-27-28(34)37-31(38-29(27)40)39-33(22-12-8-6-9-13-22,23-14-10-7-11-15-23)24-16-18-25(41-4)19-17-24/h6-21,26,30H,5H2,1-4H3,(H,37,38,39)/t21-,26-,30-,32-/m1/s1. The van der Waals surface area contributed by atoms with E-state index in [9.17, 15) is 0 Å². The van der Waals surface area contributed by atoms with Gasteiger partial charge in [0.25, 0.3) is 0 Å². The summed E-state index contributed by atoms with van der Waals surface area (Å²) in [6, 6.07) is 28.1. The number of anilines is 1. The highest BCUT2D eigenvalue weighted by Gasteiger charge is 2.53. The average Bonchev–Trinajstić information content (AvgIpc) is 3.54. The molecule has 0 bridgehead atoms. The van der Waals surface area contributed by atoms with E-state index in [1.54, 1.807) is 18.6 Å². The quantitative estimate of drug-likeness (QED) is 0.150. The van der Waals surface area contributed by atoms with E-state index in [-0.39, 0.29) is 23.1 Å². The molecule has 7 nitrogen and oxygen atoms in total. The Morgan fingerprint density at radius 3 is 2.12 bits per heavy atom. The molecule has 3 heterocycles. The fourth-order valence-electron chi connectivity index (χ4n) is 6.00. The number of hydrogen-bond donors (Lipinski definition) is 1. The van der Waals surface area contributed by atoms with Crippen molar-refractivity contribution in [3.05, 3.63) is 113 Å². The van der Waals surface area contributed by atoms with Crippen LogP contribution in [0.4, 0.5) is 10.3 Å². The van der Waals surface area contributed by atoms with E-state index in [1.807, 2.05) is 74.5 Å². The predicted molar refractivity (Wildman–Crippen MR) is 163 cm³/mol.